The molecule has 2 aromatic carbocycles. The lowest BCUT2D eigenvalue weighted by Crippen LogP contribution is -2.36. The van der Waals surface area contributed by atoms with Crippen LogP contribution in [-0.2, 0) is 11.3 Å². The largest absolute Gasteiger partial charge is 0.481 e. The first kappa shape index (κ1) is 17.7. The van der Waals surface area contributed by atoms with Gasteiger partial charge in [0.1, 0.15) is 5.75 Å². The number of rotatable bonds is 6. The van der Waals surface area contributed by atoms with Gasteiger partial charge >= 0.3 is 0 Å². The van der Waals surface area contributed by atoms with Gasteiger partial charge in [-0.15, -0.1) is 0 Å². The number of amides is 1. The monoisotopic (exact) mass is 349 g/mol. The summed E-state index contributed by atoms with van der Waals surface area (Å²) in [4.78, 5) is 16.5. The third-order valence-electron chi connectivity index (χ3n) is 4.24. The number of nitrogens with one attached hydrogen (secondary N) is 1. The summed E-state index contributed by atoms with van der Waals surface area (Å²) in [5.41, 5.74) is 4.12. The van der Waals surface area contributed by atoms with Crippen molar-refractivity contribution in [1.82, 2.24) is 14.9 Å². The van der Waals surface area contributed by atoms with E-state index in [1.807, 2.05) is 67.1 Å². The Morgan fingerprint density at radius 2 is 2.04 bits per heavy atom. The van der Waals surface area contributed by atoms with Gasteiger partial charge in [0, 0.05) is 18.9 Å². The number of hydrogen-bond donors (Lipinski definition) is 1. The molecule has 0 spiro atoms. The fourth-order valence-electron chi connectivity index (χ4n) is 2.72. The minimum absolute atomic E-state index is 0.147. The fraction of sp³-hybridized carbons (Fsp3) is 0.238. The van der Waals surface area contributed by atoms with E-state index >= 15 is 0 Å². The van der Waals surface area contributed by atoms with E-state index in [9.17, 15) is 4.79 Å². The Balaban J connectivity index is 1.65. The Kier molecular flexibility index (Phi) is 5.37. The molecule has 3 rings (SSSR count). The summed E-state index contributed by atoms with van der Waals surface area (Å²) in [5.74, 6) is 0.595. The summed E-state index contributed by atoms with van der Waals surface area (Å²) in [5, 5.41) is 2.96. The molecule has 0 fully saturated rings. The molecule has 134 valence electrons. The van der Waals surface area contributed by atoms with Crippen LogP contribution in [0.15, 0.2) is 61.2 Å². The van der Waals surface area contributed by atoms with E-state index in [4.69, 9.17) is 4.74 Å². The number of aromatic nitrogens is 2. The molecule has 1 N–H and O–H groups in total. The molecule has 0 aliphatic heterocycles. The number of hydrogen-bond acceptors (Lipinski definition) is 3. The van der Waals surface area contributed by atoms with Crippen LogP contribution in [-0.4, -0.2) is 21.6 Å². The molecule has 5 nitrogen and oxygen atoms in total. The van der Waals surface area contributed by atoms with Crippen molar-refractivity contribution in [2.24, 2.45) is 0 Å². The molecule has 0 saturated carbocycles. The summed E-state index contributed by atoms with van der Waals surface area (Å²) < 4.78 is 7.78. The van der Waals surface area contributed by atoms with Crippen LogP contribution in [0.25, 0.3) is 5.69 Å². The molecule has 1 atom stereocenters. The van der Waals surface area contributed by atoms with E-state index in [1.54, 1.807) is 19.4 Å². The lowest BCUT2D eigenvalue weighted by molar-refractivity contribution is -0.127. The molecule has 1 heterocycles. The van der Waals surface area contributed by atoms with Crippen LogP contribution in [0.5, 0.6) is 5.75 Å². The second kappa shape index (κ2) is 7.87. The third kappa shape index (κ3) is 4.11. The highest BCUT2D eigenvalue weighted by Gasteiger charge is 2.16. The zero-order valence-corrected chi connectivity index (χ0v) is 15.3. The standard InChI is InChI=1S/C21H23N3O2/c1-15-8-9-16(2)20(12-15)26-17(3)21(25)23-13-18-6-4-5-7-19(18)24-11-10-22-14-24/h4-12,14,17H,13H2,1-3H3,(H,23,25)/t17-/m0/s1. The average Bonchev–Trinajstić information content (AvgIpc) is 3.17. The van der Waals surface area contributed by atoms with E-state index in [0.29, 0.717) is 6.54 Å². The quantitative estimate of drug-likeness (QED) is 0.740. The van der Waals surface area contributed by atoms with Crippen LogP contribution >= 0.6 is 0 Å². The van der Waals surface area contributed by atoms with Crippen molar-refractivity contribution in [3.05, 3.63) is 77.9 Å². The van der Waals surface area contributed by atoms with Gasteiger partial charge in [-0.3, -0.25) is 4.79 Å². The van der Waals surface area contributed by atoms with Crippen molar-refractivity contribution in [3.8, 4) is 11.4 Å². The number of imidazole rings is 1. The highest BCUT2D eigenvalue weighted by atomic mass is 16.5. The first-order chi connectivity index (χ1) is 12.5. The predicted molar refractivity (Wildman–Crippen MR) is 101 cm³/mol. The van der Waals surface area contributed by atoms with E-state index in [-0.39, 0.29) is 5.91 Å². The van der Waals surface area contributed by atoms with E-state index in [1.165, 1.54) is 0 Å². The molecule has 0 aliphatic rings. The Morgan fingerprint density at radius 1 is 1.23 bits per heavy atom. The summed E-state index contributed by atoms with van der Waals surface area (Å²) >= 11 is 0. The maximum absolute atomic E-state index is 12.5. The summed E-state index contributed by atoms with van der Waals surface area (Å²) in [6, 6.07) is 13.9. The summed E-state index contributed by atoms with van der Waals surface area (Å²) in [6.07, 6.45) is 4.78. The van der Waals surface area contributed by atoms with E-state index < -0.39 is 6.10 Å². The zero-order valence-electron chi connectivity index (χ0n) is 15.3. The number of nitrogens with zero attached hydrogens (tertiary/aromatic N) is 2. The first-order valence-electron chi connectivity index (χ1n) is 8.62. The van der Waals surface area contributed by atoms with Crippen molar-refractivity contribution >= 4 is 5.91 Å². The van der Waals surface area contributed by atoms with Gasteiger partial charge in [0.05, 0.1) is 12.0 Å². The van der Waals surface area contributed by atoms with Crippen molar-refractivity contribution < 1.29 is 9.53 Å². The highest BCUT2D eigenvalue weighted by Crippen LogP contribution is 2.20. The van der Waals surface area contributed by atoms with Gasteiger partial charge in [-0.05, 0) is 49.6 Å². The van der Waals surface area contributed by atoms with Gasteiger partial charge in [-0.1, -0.05) is 30.3 Å². The predicted octanol–water partition coefficient (Wildman–Crippen LogP) is 3.57. The molecule has 5 heteroatoms. The Morgan fingerprint density at radius 3 is 2.81 bits per heavy atom. The second-order valence-electron chi connectivity index (χ2n) is 6.35. The number of para-hydroxylation sites is 1. The second-order valence-corrected chi connectivity index (χ2v) is 6.35. The van der Waals surface area contributed by atoms with Crippen LogP contribution in [0, 0.1) is 13.8 Å². The van der Waals surface area contributed by atoms with Gasteiger partial charge in [0.2, 0.25) is 0 Å². The summed E-state index contributed by atoms with van der Waals surface area (Å²) in [6.45, 7) is 6.16. The van der Waals surface area contributed by atoms with Crippen LogP contribution < -0.4 is 10.1 Å². The molecule has 3 aromatic rings. The van der Waals surface area contributed by atoms with Crippen molar-refractivity contribution in [3.63, 3.8) is 0 Å². The molecule has 0 saturated heterocycles. The maximum Gasteiger partial charge on any atom is 0.261 e. The van der Waals surface area contributed by atoms with Gasteiger partial charge in [-0.2, -0.15) is 0 Å². The van der Waals surface area contributed by atoms with Gasteiger partial charge < -0.3 is 14.6 Å². The molecule has 0 radical (unpaired) electrons. The lowest BCUT2D eigenvalue weighted by atomic mass is 10.1. The molecule has 1 amide bonds. The highest BCUT2D eigenvalue weighted by molar-refractivity contribution is 5.80. The van der Waals surface area contributed by atoms with Gasteiger partial charge in [0.15, 0.2) is 6.10 Å². The number of aryl methyl sites for hydroxylation is 2. The molecule has 1 aromatic heterocycles. The number of carbonyl (C=O) groups is 1. The van der Waals surface area contributed by atoms with Crippen molar-refractivity contribution in [1.29, 1.82) is 0 Å². The van der Waals surface area contributed by atoms with Crippen molar-refractivity contribution in [2.75, 3.05) is 0 Å². The van der Waals surface area contributed by atoms with Crippen LogP contribution in [0.3, 0.4) is 0 Å². The average molecular weight is 349 g/mol. The smallest absolute Gasteiger partial charge is 0.261 e. The minimum atomic E-state index is -0.573. The van der Waals surface area contributed by atoms with Crippen molar-refractivity contribution in [2.45, 2.75) is 33.4 Å². The van der Waals surface area contributed by atoms with E-state index in [0.717, 1.165) is 28.1 Å². The lowest BCUT2D eigenvalue weighted by Gasteiger charge is -2.17. The minimum Gasteiger partial charge on any atom is -0.481 e. The molecular formula is C21H23N3O2. The molecule has 26 heavy (non-hydrogen) atoms. The number of benzene rings is 2. The number of ether oxygens (including phenoxy) is 1. The Labute approximate surface area is 153 Å². The summed E-state index contributed by atoms with van der Waals surface area (Å²) in [7, 11) is 0. The molecule has 0 bridgehead atoms. The molecule has 0 aliphatic carbocycles. The topological polar surface area (TPSA) is 56.1 Å². The Hall–Kier alpha value is -3.08. The van der Waals surface area contributed by atoms with Gasteiger partial charge in [-0.25, -0.2) is 4.98 Å². The SMILES string of the molecule is Cc1ccc(C)c(O[C@@H](C)C(=O)NCc2ccccc2-n2ccnc2)c1. The fourth-order valence-corrected chi connectivity index (χ4v) is 2.72. The Bertz CT molecular complexity index is 888. The van der Waals surface area contributed by atoms with E-state index in [2.05, 4.69) is 10.3 Å². The van der Waals surface area contributed by atoms with Crippen LogP contribution in [0.4, 0.5) is 0 Å². The number of carbonyl (C=O) groups excluding carboxylic acids is 1. The third-order valence-corrected chi connectivity index (χ3v) is 4.24. The maximum atomic E-state index is 12.5. The molecular weight excluding hydrogens is 326 g/mol. The first-order valence-corrected chi connectivity index (χ1v) is 8.62. The van der Waals surface area contributed by atoms with Crippen LogP contribution in [0.1, 0.15) is 23.6 Å². The van der Waals surface area contributed by atoms with Crippen LogP contribution in [0.2, 0.25) is 0 Å². The normalized spacial score (nSPS) is 11.8. The molecule has 0 unspecified atom stereocenters. The zero-order chi connectivity index (χ0) is 18.5. The van der Waals surface area contributed by atoms with Gasteiger partial charge in [0.25, 0.3) is 5.91 Å².